The topological polar surface area (TPSA) is 17.1 Å². The molecule has 1 rings (SSSR count). The molecule has 1 aromatic rings. The van der Waals surface area contributed by atoms with Crippen molar-refractivity contribution < 1.29 is 4.79 Å². The van der Waals surface area contributed by atoms with Crippen LogP contribution in [-0.4, -0.2) is 11.0 Å². The van der Waals surface area contributed by atoms with Gasteiger partial charge in [0.25, 0.3) is 0 Å². The zero-order valence-electron chi connectivity index (χ0n) is 9.21. The lowest BCUT2D eigenvalue weighted by atomic mass is 10.1. The summed E-state index contributed by atoms with van der Waals surface area (Å²) in [5.74, 6) is 0.0140. The summed E-state index contributed by atoms with van der Waals surface area (Å²) < 4.78 is 0. The second-order valence-corrected chi connectivity index (χ2v) is 5.45. The molecule has 0 aliphatic heterocycles. The number of thioether (sulfide) groups is 1. The zero-order valence-corrected chi connectivity index (χ0v) is 10.8. The first-order valence-corrected chi connectivity index (χ1v) is 6.27. The Balaban J connectivity index is 2.87. The molecular formula is C12H15ClOS. The van der Waals surface area contributed by atoms with Crippen LogP contribution in [0.4, 0.5) is 0 Å². The lowest BCUT2D eigenvalue weighted by Crippen LogP contribution is -1.95. The maximum absolute atomic E-state index is 11.2. The summed E-state index contributed by atoms with van der Waals surface area (Å²) >= 11 is 7.80. The predicted molar refractivity (Wildman–Crippen MR) is 67.1 cm³/mol. The van der Waals surface area contributed by atoms with Crippen molar-refractivity contribution in [2.75, 3.05) is 0 Å². The van der Waals surface area contributed by atoms with E-state index < -0.39 is 0 Å². The molecule has 1 nitrogen and oxygen atoms in total. The summed E-state index contributed by atoms with van der Waals surface area (Å²) in [6.07, 6.45) is 1.12. The average Bonchev–Trinajstić information content (AvgIpc) is 2.17. The van der Waals surface area contributed by atoms with Crippen molar-refractivity contribution in [2.45, 2.75) is 37.3 Å². The first-order valence-electron chi connectivity index (χ1n) is 5.01. The summed E-state index contributed by atoms with van der Waals surface area (Å²) in [6, 6.07) is 5.63. The molecule has 15 heavy (non-hydrogen) atoms. The largest absolute Gasteiger partial charge is 0.294 e. The summed E-state index contributed by atoms with van der Waals surface area (Å²) in [5.41, 5.74) is 0.602. The van der Waals surface area contributed by atoms with Crippen LogP contribution in [0.3, 0.4) is 0 Å². The normalized spacial score (nSPS) is 12.5. The fourth-order valence-electron chi connectivity index (χ4n) is 1.17. The number of halogens is 1. The predicted octanol–water partition coefficient (Wildman–Crippen LogP) is 4.43. The third kappa shape index (κ3) is 3.54. The Morgan fingerprint density at radius 3 is 2.67 bits per heavy atom. The molecule has 0 aliphatic rings. The molecule has 82 valence electrons. The molecule has 0 amide bonds. The van der Waals surface area contributed by atoms with Crippen LogP contribution in [0.15, 0.2) is 23.1 Å². The SMILES string of the molecule is CCC(C)Sc1ccc(C(C)=O)c(Cl)c1. The molecule has 0 saturated heterocycles. The van der Waals surface area contributed by atoms with Gasteiger partial charge in [-0.15, -0.1) is 11.8 Å². The van der Waals surface area contributed by atoms with Crippen molar-refractivity contribution in [3.05, 3.63) is 28.8 Å². The van der Waals surface area contributed by atoms with E-state index in [9.17, 15) is 4.79 Å². The van der Waals surface area contributed by atoms with Crippen LogP contribution in [0, 0.1) is 0 Å². The Kier molecular flexibility index (Phi) is 4.68. The number of carbonyl (C=O) groups excluding carboxylic acids is 1. The standard InChI is InChI=1S/C12H15ClOS/c1-4-8(2)15-10-5-6-11(9(3)14)12(13)7-10/h5-8H,4H2,1-3H3. The number of benzene rings is 1. The van der Waals surface area contributed by atoms with Gasteiger partial charge in [-0.3, -0.25) is 4.79 Å². The van der Waals surface area contributed by atoms with Gasteiger partial charge >= 0.3 is 0 Å². The van der Waals surface area contributed by atoms with Gasteiger partial charge in [-0.1, -0.05) is 25.4 Å². The van der Waals surface area contributed by atoms with Crippen LogP contribution in [0.5, 0.6) is 0 Å². The van der Waals surface area contributed by atoms with Crippen LogP contribution >= 0.6 is 23.4 Å². The van der Waals surface area contributed by atoms with Gasteiger partial charge in [0.2, 0.25) is 0 Å². The highest BCUT2D eigenvalue weighted by Gasteiger charge is 2.08. The minimum absolute atomic E-state index is 0.0140. The van der Waals surface area contributed by atoms with E-state index in [1.165, 1.54) is 6.92 Å². The fourth-order valence-corrected chi connectivity index (χ4v) is 2.51. The molecule has 1 atom stereocenters. The fraction of sp³-hybridized carbons (Fsp3) is 0.417. The van der Waals surface area contributed by atoms with Gasteiger partial charge in [-0.2, -0.15) is 0 Å². The Labute approximate surface area is 100 Å². The smallest absolute Gasteiger partial charge is 0.161 e. The number of hydrogen-bond acceptors (Lipinski definition) is 2. The molecule has 0 bridgehead atoms. The van der Waals surface area contributed by atoms with Crippen LogP contribution in [0.25, 0.3) is 0 Å². The van der Waals surface area contributed by atoms with E-state index in [0.717, 1.165) is 11.3 Å². The van der Waals surface area contributed by atoms with Gasteiger partial charge in [-0.25, -0.2) is 0 Å². The van der Waals surface area contributed by atoms with Gasteiger partial charge < -0.3 is 0 Å². The Hall–Kier alpha value is -0.470. The van der Waals surface area contributed by atoms with Crippen molar-refractivity contribution in [3.63, 3.8) is 0 Å². The number of hydrogen-bond donors (Lipinski definition) is 0. The molecule has 0 aliphatic carbocycles. The summed E-state index contributed by atoms with van der Waals surface area (Å²) in [5, 5.41) is 1.13. The van der Waals surface area contributed by atoms with Crippen molar-refractivity contribution in [3.8, 4) is 0 Å². The van der Waals surface area contributed by atoms with Crippen LogP contribution in [0.2, 0.25) is 5.02 Å². The van der Waals surface area contributed by atoms with Crippen molar-refractivity contribution in [1.29, 1.82) is 0 Å². The summed E-state index contributed by atoms with van der Waals surface area (Å²) in [4.78, 5) is 12.3. The maximum atomic E-state index is 11.2. The highest BCUT2D eigenvalue weighted by Crippen LogP contribution is 2.29. The third-order valence-corrected chi connectivity index (χ3v) is 3.81. The second-order valence-electron chi connectivity index (χ2n) is 3.53. The average molecular weight is 243 g/mol. The van der Waals surface area contributed by atoms with E-state index in [1.54, 1.807) is 17.8 Å². The number of carbonyl (C=O) groups is 1. The number of Topliss-reactive ketones (excluding diaryl/α,β-unsaturated/α-hetero) is 1. The molecular weight excluding hydrogens is 228 g/mol. The van der Waals surface area contributed by atoms with Gasteiger partial charge in [0.1, 0.15) is 0 Å². The highest BCUT2D eigenvalue weighted by molar-refractivity contribution is 7.99. The van der Waals surface area contributed by atoms with E-state index in [2.05, 4.69) is 13.8 Å². The van der Waals surface area contributed by atoms with E-state index in [1.807, 2.05) is 12.1 Å². The Bertz CT molecular complexity index is 363. The quantitative estimate of drug-likeness (QED) is 0.574. The van der Waals surface area contributed by atoms with E-state index in [0.29, 0.717) is 15.8 Å². The minimum Gasteiger partial charge on any atom is -0.294 e. The summed E-state index contributed by atoms with van der Waals surface area (Å²) in [6.45, 7) is 5.86. The van der Waals surface area contributed by atoms with Gasteiger partial charge in [0.05, 0.1) is 5.02 Å². The van der Waals surface area contributed by atoms with Crippen molar-refractivity contribution >= 4 is 29.1 Å². The molecule has 1 aromatic carbocycles. The molecule has 0 spiro atoms. The molecule has 0 fully saturated rings. The van der Waals surface area contributed by atoms with Crippen molar-refractivity contribution in [1.82, 2.24) is 0 Å². The lowest BCUT2D eigenvalue weighted by molar-refractivity contribution is 0.101. The number of rotatable bonds is 4. The van der Waals surface area contributed by atoms with E-state index >= 15 is 0 Å². The van der Waals surface area contributed by atoms with Gasteiger partial charge in [-0.05, 0) is 31.5 Å². The molecule has 0 N–H and O–H groups in total. The van der Waals surface area contributed by atoms with Gasteiger partial charge in [0.15, 0.2) is 5.78 Å². The zero-order chi connectivity index (χ0) is 11.4. The van der Waals surface area contributed by atoms with Crippen LogP contribution in [-0.2, 0) is 0 Å². The molecule has 1 unspecified atom stereocenters. The second kappa shape index (κ2) is 5.57. The van der Waals surface area contributed by atoms with Gasteiger partial charge in [0, 0.05) is 15.7 Å². The summed E-state index contributed by atoms with van der Waals surface area (Å²) in [7, 11) is 0. The first kappa shape index (κ1) is 12.6. The Morgan fingerprint density at radius 1 is 1.53 bits per heavy atom. The third-order valence-electron chi connectivity index (χ3n) is 2.23. The molecule has 0 heterocycles. The monoisotopic (exact) mass is 242 g/mol. The number of ketones is 1. The highest BCUT2D eigenvalue weighted by atomic mass is 35.5. The first-order chi connectivity index (χ1) is 7.04. The van der Waals surface area contributed by atoms with Crippen LogP contribution in [0.1, 0.15) is 37.6 Å². The molecule has 0 radical (unpaired) electrons. The lowest BCUT2D eigenvalue weighted by Gasteiger charge is -2.09. The van der Waals surface area contributed by atoms with Crippen molar-refractivity contribution in [2.24, 2.45) is 0 Å². The maximum Gasteiger partial charge on any atom is 0.161 e. The van der Waals surface area contributed by atoms with E-state index in [4.69, 9.17) is 11.6 Å². The Morgan fingerprint density at radius 2 is 2.20 bits per heavy atom. The molecule has 0 aromatic heterocycles. The van der Waals surface area contributed by atoms with E-state index in [-0.39, 0.29) is 5.78 Å². The molecule has 3 heteroatoms. The minimum atomic E-state index is 0.0140. The molecule has 0 saturated carbocycles. The van der Waals surface area contributed by atoms with Crippen LogP contribution < -0.4 is 0 Å².